The number of nitro benzene ring substituents is 1. The van der Waals surface area contributed by atoms with Crippen molar-refractivity contribution in [1.29, 1.82) is 0 Å². The lowest BCUT2D eigenvalue weighted by Gasteiger charge is -2.15. The van der Waals surface area contributed by atoms with Gasteiger partial charge < -0.3 is 10.1 Å². The van der Waals surface area contributed by atoms with Crippen LogP contribution in [0.4, 0.5) is 43.7 Å². The van der Waals surface area contributed by atoms with E-state index in [1.807, 2.05) is 0 Å². The lowest BCUT2D eigenvalue weighted by atomic mass is 10.3. The van der Waals surface area contributed by atoms with Crippen molar-refractivity contribution in [2.24, 2.45) is 0 Å². The Labute approximate surface area is 140 Å². The van der Waals surface area contributed by atoms with Crippen LogP contribution in [-0.4, -0.2) is 27.7 Å². The monoisotopic (exact) mass is 382 g/mol. The van der Waals surface area contributed by atoms with Gasteiger partial charge in [-0.1, -0.05) is 6.07 Å². The van der Waals surface area contributed by atoms with Gasteiger partial charge in [-0.2, -0.15) is 31.3 Å². The number of ether oxygens (including phenoxy) is 1. The predicted molar refractivity (Wildman–Crippen MR) is 75.0 cm³/mol. The normalized spacial score (nSPS) is 11.9. The number of halogens is 6. The highest BCUT2D eigenvalue weighted by Gasteiger charge is 2.38. The van der Waals surface area contributed by atoms with Crippen molar-refractivity contribution < 1.29 is 36.0 Å². The summed E-state index contributed by atoms with van der Waals surface area (Å²) in [5.41, 5.74) is -1.87. The van der Waals surface area contributed by atoms with Crippen LogP contribution in [-0.2, 0) is 6.18 Å². The largest absolute Gasteiger partial charge is 0.467 e. The smallest absolute Gasteiger partial charge is 0.423 e. The first-order chi connectivity index (χ1) is 12.0. The number of nitro groups is 1. The molecular weight excluding hydrogens is 374 g/mol. The van der Waals surface area contributed by atoms with Crippen LogP contribution in [0.5, 0.6) is 5.88 Å². The molecule has 7 nitrogen and oxygen atoms in total. The second kappa shape index (κ2) is 7.01. The molecule has 0 radical (unpaired) electrons. The SMILES string of the molecule is O=[N+]([O-])c1cccc(Nc2ncc(C(F)(F)F)c(OCC(F)(F)F)n2)c1. The molecule has 140 valence electrons. The zero-order chi connectivity index (χ0) is 19.5. The number of nitrogens with one attached hydrogen (secondary N) is 1. The van der Waals surface area contributed by atoms with Crippen LogP contribution >= 0.6 is 0 Å². The Balaban J connectivity index is 2.32. The van der Waals surface area contributed by atoms with Crippen LogP contribution in [0.3, 0.4) is 0 Å². The Morgan fingerprint density at radius 1 is 1.19 bits per heavy atom. The van der Waals surface area contributed by atoms with Crippen molar-refractivity contribution in [3.8, 4) is 5.88 Å². The highest BCUT2D eigenvalue weighted by molar-refractivity contribution is 5.58. The van der Waals surface area contributed by atoms with Gasteiger partial charge in [0.1, 0.15) is 5.56 Å². The molecule has 0 aliphatic heterocycles. The topological polar surface area (TPSA) is 90.2 Å². The average Bonchev–Trinajstić information content (AvgIpc) is 2.51. The van der Waals surface area contributed by atoms with Gasteiger partial charge in [0.15, 0.2) is 6.61 Å². The third kappa shape index (κ3) is 5.19. The zero-order valence-electron chi connectivity index (χ0n) is 12.4. The number of aromatic nitrogens is 2. The summed E-state index contributed by atoms with van der Waals surface area (Å²) in [4.78, 5) is 16.6. The average molecular weight is 382 g/mol. The lowest BCUT2D eigenvalue weighted by molar-refractivity contribution is -0.384. The number of anilines is 2. The minimum absolute atomic E-state index is 0.0423. The van der Waals surface area contributed by atoms with Crippen LogP contribution in [0.2, 0.25) is 0 Å². The molecule has 0 spiro atoms. The standard InChI is InChI=1S/C13H8F6N4O3/c14-12(15,16)6-26-10-9(13(17,18)19)5-20-11(22-10)21-7-2-1-3-8(4-7)23(24)25/h1-5H,6H2,(H,20,21,22). The number of benzene rings is 1. The van der Waals surface area contributed by atoms with Crippen molar-refractivity contribution in [2.45, 2.75) is 12.4 Å². The zero-order valence-corrected chi connectivity index (χ0v) is 12.4. The second-order valence-electron chi connectivity index (χ2n) is 4.75. The minimum Gasteiger partial charge on any atom is -0.467 e. The summed E-state index contributed by atoms with van der Waals surface area (Å²) in [6, 6.07) is 4.81. The summed E-state index contributed by atoms with van der Waals surface area (Å²) in [7, 11) is 0. The maximum absolute atomic E-state index is 12.8. The Morgan fingerprint density at radius 2 is 1.88 bits per heavy atom. The Kier molecular flexibility index (Phi) is 5.18. The van der Waals surface area contributed by atoms with Crippen LogP contribution in [0.15, 0.2) is 30.5 Å². The van der Waals surface area contributed by atoms with Crippen LogP contribution in [0.1, 0.15) is 5.56 Å². The third-order valence-electron chi connectivity index (χ3n) is 2.74. The summed E-state index contributed by atoms with van der Waals surface area (Å²) in [5, 5.41) is 13.0. The van der Waals surface area contributed by atoms with Crippen molar-refractivity contribution in [1.82, 2.24) is 9.97 Å². The molecule has 0 unspecified atom stereocenters. The molecule has 26 heavy (non-hydrogen) atoms. The Bertz CT molecular complexity index is 809. The van der Waals surface area contributed by atoms with Gasteiger partial charge >= 0.3 is 12.4 Å². The molecule has 0 atom stereocenters. The first-order valence-corrected chi connectivity index (χ1v) is 6.61. The number of nitrogens with zero attached hydrogens (tertiary/aromatic N) is 3. The van der Waals surface area contributed by atoms with Gasteiger partial charge in [-0.05, 0) is 6.07 Å². The van der Waals surface area contributed by atoms with Crippen molar-refractivity contribution in [3.05, 3.63) is 46.1 Å². The molecule has 1 aromatic carbocycles. The molecular formula is C13H8F6N4O3. The van der Waals surface area contributed by atoms with E-state index in [-0.39, 0.29) is 17.6 Å². The van der Waals surface area contributed by atoms with Gasteiger partial charge in [-0.15, -0.1) is 0 Å². The molecule has 2 aromatic rings. The molecule has 1 aromatic heterocycles. The van der Waals surface area contributed by atoms with Gasteiger partial charge in [-0.25, -0.2) is 4.98 Å². The molecule has 1 heterocycles. The van der Waals surface area contributed by atoms with Gasteiger partial charge in [0.2, 0.25) is 11.8 Å². The summed E-state index contributed by atoms with van der Waals surface area (Å²) >= 11 is 0. The summed E-state index contributed by atoms with van der Waals surface area (Å²) < 4.78 is 79.2. The fourth-order valence-corrected chi connectivity index (χ4v) is 1.71. The number of alkyl halides is 6. The highest BCUT2D eigenvalue weighted by Crippen LogP contribution is 2.36. The van der Waals surface area contributed by atoms with Crippen molar-refractivity contribution in [2.75, 3.05) is 11.9 Å². The Morgan fingerprint density at radius 3 is 2.46 bits per heavy atom. The van der Waals surface area contributed by atoms with E-state index in [1.165, 1.54) is 12.1 Å². The molecule has 0 fully saturated rings. The fraction of sp³-hybridized carbons (Fsp3) is 0.231. The summed E-state index contributed by atoms with van der Waals surface area (Å²) in [6.45, 7) is -1.98. The fourth-order valence-electron chi connectivity index (χ4n) is 1.71. The maximum Gasteiger partial charge on any atom is 0.423 e. The molecule has 0 aliphatic carbocycles. The van der Waals surface area contributed by atoms with E-state index in [0.29, 0.717) is 0 Å². The van der Waals surface area contributed by atoms with E-state index in [2.05, 4.69) is 20.0 Å². The van der Waals surface area contributed by atoms with Gasteiger partial charge in [0.05, 0.1) is 4.92 Å². The van der Waals surface area contributed by atoms with Crippen LogP contribution < -0.4 is 10.1 Å². The van der Waals surface area contributed by atoms with Gasteiger partial charge in [0.25, 0.3) is 5.69 Å². The number of hydrogen-bond acceptors (Lipinski definition) is 6. The molecule has 0 amide bonds. The first kappa shape index (κ1) is 19.2. The minimum atomic E-state index is -5.04. The van der Waals surface area contributed by atoms with Gasteiger partial charge in [0, 0.05) is 24.0 Å². The summed E-state index contributed by atoms with van der Waals surface area (Å²) in [6.07, 6.45) is -9.66. The Hall–Kier alpha value is -3.12. The van der Waals surface area contributed by atoms with Crippen molar-refractivity contribution >= 4 is 17.3 Å². The molecule has 0 saturated heterocycles. The van der Waals surface area contributed by atoms with Crippen molar-refractivity contribution in [3.63, 3.8) is 0 Å². The molecule has 0 aliphatic rings. The second-order valence-corrected chi connectivity index (χ2v) is 4.75. The first-order valence-electron chi connectivity index (χ1n) is 6.61. The molecule has 0 bridgehead atoms. The number of rotatable bonds is 5. The molecule has 13 heteroatoms. The third-order valence-corrected chi connectivity index (χ3v) is 2.74. The van der Waals surface area contributed by atoms with Crippen LogP contribution in [0, 0.1) is 10.1 Å². The molecule has 0 saturated carbocycles. The van der Waals surface area contributed by atoms with E-state index in [9.17, 15) is 36.5 Å². The van der Waals surface area contributed by atoms with E-state index < -0.39 is 41.3 Å². The quantitative estimate of drug-likeness (QED) is 0.476. The van der Waals surface area contributed by atoms with E-state index in [4.69, 9.17) is 0 Å². The number of hydrogen-bond donors (Lipinski definition) is 1. The van der Waals surface area contributed by atoms with E-state index in [0.717, 1.165) is 12.1 Å². The van der Waals surface area contributed by atoms with Crippen LogP contribution in [0.25, 0.3) is 0 Å². The molecule has 1 N–H and O–H groups in total. The lowest BCUT2D eigenvalue weighted by Crippen LogP contribution is -2.22. The summed E-state index contributed by atoms with van der Waals surface area (Å²) in [5.74, 6) is -1.85. The predicted octanol–water partition coefficient (Wildman–Crippen LogP) is 4.09. The maximum atomic E-state index is 12.8. The number of non-ortho nitro benzene ring substituents is 1. The highest BCUT2D eigenvalue weighted by atomic mass is 19.4. The van der Waals surface area contributed by atoms with Gasteiger partial charge in [-0.3, -0.25) is 10.1 Å². The van der Waals surface area contributed by atoms with E-state index in [1.54, 1.807) is 0 Å². The molecule has 2 rings (SSSR count). The van der Waals surface area contributed by atoms with E-state index >= 15 is 0 Å².